The molecule has 0 radical (unpaired) electrons. The summed E-state index contributed by atoms with van der Waals surface area (Å²) in [5.74, 6) is 0.977. The van der Waals surface area contributed by atoms with Crippen LogP contribution in [0.5, 0.6) is 0 Å². The summed E-state index contributed by atoms with van der Waals surface area (Å²) in [6.45, 7) is 7.44. The van der Waals surface area contributed by atoms with E-state index in [2.05, 4.69) is 42.0 Å². The molecule has 0 amide bonds. The minimum atomic E-state index is 0.221. The predicted octanol–water partition coefficient (Wildman–Crippen LogP) is 3.71. The zero-order valence-electron chi connectivity index (χ0n) is 9.06. The molecular formula is C11H18BrNO. The van der Waals surface area contributed by atoms with Crippen LogP contribution in [0.25, 0.3) is 0 Å². The highest BCUT2D eigenvalue weighted by molar-refractivity contribution is 9.10. The van der Waals surface area contributed by atoms with Crippen molar-refractivity contribution in [3.8, 4) is 0 Å². The van der Waals surface area contributed by atoms with Crippen LogP contribution >= 0.6 is 15.9 Å². The summed E-state index contributed by atoms with van der Waals surface area (Å²) in [7, 11) is 0. The molecule has 14 heavy (non-hydrogen) atoms. The second-order valence-electron chi connectivity index (χ2n) is 3.83. The number of hydrogen-bond acceptors (Lipinski definition) is 2. The van der Waals surface area contributed by atoms with E-state index in [0.717, 1.165) is 29.8 Å². The van der Waals surface area contributed by atoms with Gasteiger partial charge >= 0.3 is 0 Å². The van der Waals surface area contributed by atoms with Gasteiger partial charge in [0.1, 0.15) is 5.76 Å². The van der Waals surface area contributed by atoms with Crippen molar-refractivity contribution in [3.63, 3.8) is 0 Å². The van der Waals surface area contributed by atoms with Gasteiger partial charge in [-0.3, -0.25) is 0 Å². The lowest BCUT2D eigenvalue weighted by Gasteiger charge is -2.27. The smallest absolute Gasteiger partial charge is 0.169 e. The molecule has 1 rings (SSSR count). The molecule has 0 fully saturated rings. The summed E-state index contributed by atoms with van der Waals surface area (Å²) in [5, 5.41) is 3.51. The number of furan rings is 1. The van der Waals surface area contributed by atoms with Gasteiger partial charge in [-0.2, -0.15) is 0 Å². The Bertz CT molecular complexity index is 279. The molecule has 1 heterocycles. The highest BCUT2D eigenvalue weighted by Crippen LogP contribution is 2.17. The number of halogens is 1. The summed E-state index contributed by atoms with van der Waals surface area (Å²) in [5.41, 5.74) is 0.221. The van der Waals surface area contributed by atoms with Crippen LogP contribution in [0.15, 0.2) is 21.2 Å². The summed E-state index contributed by atoms with van der Waals surface area (Å²) in [4.78, 5) is 0. The fraction of sp³-hybridized carbons (Fsp3) is 0.636. The molecule has 0 bridgehead atoms. The summed E-state index contributed by atoms with van der Waals surface area (Å²) >= 11 is 3.29. The third-order valence-corrected chi connectivity index (χ3v) is 3.31. The van der Waals surface area contributed by atoms with Crippen LogP contribution in [0.2, 0.25) is 0 Å². The third-order valence-electron chi connectivity index (χ3n) is 2.88. The van der Waals surface area contributed by atoms with E-state index in [-0.39, 0.29) is 5.54 Å². The SMILES string of the molecule is CCC(C)(CC)NCc1ccc(Br)o1. The topological polar surface area (TPSA) is 25.2 Å². The first kappa shape index (κ1) is 11.8. The average Bonchev–Trinajstić information content (AvgIpc) is 2.61. The Kier molecular flexibility index (Phi) is 4.20. The van der Waals surface area contributed by atoms with Crippen molar-refractivity contribution in [3.05, 3.63) is 22.6 Å². The highest BCUT2D eigenvalue weighted by atomic mass is 79.9. The van der Waals surface area contributed by atoms with Crippen LogP contribution in [0, 0.1) is 0 Å². The Labute approximate surface area is 94.2 Å². The fourth-order valence-electron chi connectivity index (χ4n) is 1.25. The first-order chi connectivity index (χ1) is 6.59. The molecule has 0 saturated heterocycles. The van der Waals surface area contributed by atoms with Gasteiger partial charge in [-0.1, -0.05) is 13.8 Å². The van der Waals surface area contributed by atoms with Crippen LogP contribution in [0.1, 0.15) is 39.4 Å². The average molecular weight is 260 g/mol. The number of nitrogens with one attached hydrogen (secondary N) is 1. The molecule has 3 heteroatoms. The van der Waals surface area contributed by atoms with Crippen molar-refractivity contribution in [2.75, 3.05) is 0 Å². The molecule has 0 aliphatic carbocycles. The maximum Gasteiger partial charge on any atom is 0.169 e. The van der Waals surface area contributed by atoms with E-state index >= 15 is 0 Å². The van der Waals surface area contributed by atoms with Gasteiger partial charge in [-0.05, 0) is 47.8 Å². The fourth-order valence-corrected chi connectivity index (χ4v) is 1.59. The van der Waals surface area contributed by atoms with Crippen LogP contribution in [-0.4, -0.2) is 5.54 Å². The summed E-state index contributed by atoms with van der Waals surface area (Å²) < 4.78 is 6.22. The van der Waals surface area contributed by atoms with E-state index < -0.39 is 0 Å². The van der Waals surface area contributed by atoms with Gasteiger partial charge in [0.2, 0.25) is 0 Å². The van der Waals surface area contributed by atoms with Crippen molar-refractivity contribution < 1.29 is 4.42 Å². The Morgan fingerprint density at radius 1 is 1.36 bits per heavy atom. The van der Waals surface area contributed by atoms with E-state index in [1.807, 2.05) is 12.1 Å². The van der Waals surface area contributed by atoms with Gasteiger partial charge in [-0.15, -0.1) is 0 Å². The van der Waals surface area contributed by atoms with Crippen molar-refractivity contribution >= 4 is 15.9 Å². The van der Waals surface area contributed by atoms with E-state index in [1.165, 1.54) is 0 Å². The third kappa shape index (κ3) is 3.14. The molecule has 1 aromatic rings. The van der Waals surface area contributed by atoms with Crippen LogP contribution in [0.3, 0.4) is 0 Å². The molecule has 1 N–H and O–H groups in total. The molecule has 0 spiro atoms. The van der Waals surface area contributed by atoms with Crippen molar-refractivity contribution in [2.45, 2.75) is 45.7 Å². The minimum Gasteiger partial charge on any atom is -0.453 e. The first-order valence-corrected chi connectivity index (χ1v) is 5.88. The molecular weight excluding hydrogens is 242 g/mol. The van der Waals surface area contributed by atoms with Crippen molar-refractivity contribution in [1.82, 2.24) is 5.32 Å². The van der Waals surface area contributed by atoms with Crippen LogP contribution < -0.4 is 5.32 Å². The second-order valence-corrected chi connectivity index (χ2v) is 4.61. The van der Waals surface area contributed by atoms with Gasteiger partial charge in [0.05, 0.1) is 6.54 Å². The molecule has 0 aromatic carbocycles. The highest BCUT2D eigenvalue weighted by Gasteiger charge is 2.18. The van der Waals surface area contributed by atoms with Gasteiger partial charge in [0.15, 0.2) is 4.67 Å². The number of rotatable bonds is 5. The predicted molar refractivity (Wildman–Crippen MR) is 62.2 cm³/mol. The monoisotopic (exact) mass is 259 g/mol. The zero-order valence-corrected chi connectivity index (χ0v) is 10.6. The molecule has 0 saturated carbocycles. The normalized spacial score (nSPS) is 12.0. The Morgan fingerprint density at radius 3 is 2.43 bits per heavy atom. The molecule has 0 atom stereocenters. The zero-order chi connectivity index (χ0) is 10.6. The van der Waals surface area contributed by atoms with Gasteiger partial charge in [-0.25, -0.2) is 0 Å². The van der Waals surface area contributed by atoms with Gasteiger partial charge < -0.3 is 9.73 Å². The van der Waals surface area contributed by atoms with E-state index in [0.29, 0.717) is 0 Å². The van der Waals surface area contributed by atoms with E-state index in [9.17, 15) is 0 Å². The molecule has 80 valence electrons. The molecule has 0 unspecified atom stereocenters. The lowest BCUT2D eigenvalue weighted by Crippen LogP contribution is -2.40. The number of hydrogen-bond donors (Lipinski definition) is 1. The quantitative estimate of drug-likeness (QED) is 0.873. The Morgan fingerprint density at radius 2 is 2.00 bits per heavy atom. The van der Waals surface area contributed by atoms with E-state index in [1.54, 1.807) is 0 Å². The minimum absolute atomic E-state index is 0.221. The lowest BCUT2D eigenvalue weighted by molar-refractivity contribution is 0.312. The molecule has 0 aliphatic rings. The summed E-state index contributed by atoms with van der Waals surface area (Å²) in [6.07, 6.45) is 2.26. The Balaban J connectivity index is 2.47. The summed E-state index contributed by atoms with van der Waals surface area (Å²) in [6, 6.07) is 3.91. The van der Waals surface area contributed by atoms with Crippen molar-refractivity contribution in [1.29, 1.82) is 0 Å². The lowest BCUT2D eigenvalue weighted by atomic mass is 9.95. The molecule has 1 aromatic heterocycles. The maximum atomic E-state index is 5.42. The Hall–Kier alpha value is -0.280. The van der Waals surface area contributed by atoms with Gasteiger partial charge in [0, 0.05) is 5.54 Å². The second kappa shape index (κ2) is 4.99. The molecule has 2 nitrogen and oxygen atoms in total. The standard InChI is InChI=1S/C11H18BrNO/c1-4-11(3,5-2)13-8-9-6-7-10(12)14-9/h6-7,13H,4-5,8H2,1-3H3. The van der Waals surface area contributed by atoms with Gasteiger partial charge in [0.25, 0.3) is 0 Å². The van der Waals surface area contributed by atoms with Crippen molar-refractivity contribution in [2.24, 2.45) is 0 Å². The maximum absolute atomic E-state index is 5.42. The van der Waals surface area contributed by atoms with Crippen LogP contribution in [0.4, 0.5) is 0 Å². The van der Waals surface area contributed by atoms with Crippen LogP contribution in [-0.2, 0) is 6.54 Å². The first-order valence-electron chi connectivity index (χ1n) is 5.09. The van der Waals surface area contributed by atoms with E-state index in [4.69, 9.17) is 4.42 Å². The largest absolute Gasteiger partial charge is 0.453 e. The molecule has 0 aliphatic heterocycles.